The Hall–Kier alpha value is -2.04. The predicted molar refractivity (Wildman–Crippen MR) is 44.0 cm³/mol. The molecule has 0 spiro atoms. The number of hydrogen-bond acceptors (Lipinski definition) is 4. The average Bonchev–Trinajstić information content (AvgIpc) is 2.71. The third-order valence-corrected chi connectivity index (χ3v) is 1.52. The van der Waals surface area contributed by atoms with Crippen LogP contribution in [0.15, 0.2) is 37.2 Å². The summed E-state index contributed by atoms with van der Waals surface area (Å²) in [5, 5.41) is 3.80. The average molecular weight is 174 g/mol. The van der Waals surface area contributed by atoms with Crippen LogP contribution in [-0.4, -0.2) is 25.7 Å². The number of hydrogen-bond donors (Lipinski definition) is 0. The van der Waals surface area contributed by atoms with Gasteiger partial charge in [0.1, 0.15) is 6.33 Å². The molecule has 0 unspecified atom stereocenters. The molecular weight excluding hydrogens is 168 g/mol. The van der Waals surface area contributed by atoms with E-state index in [-0.39, 0.29) is 5.91 Å². The molecule has 5 nitrogen and oxygen atoms in total. The van der Waals surface area contributed by atoms with Crippen LogP contribution in [0, 0.1) is 0 Å². The van der Waals surface area contributed by atoms with Crippen molar-refractivity contribution in [2.24, 2.45) is 0 Å². The third kappa shape index (κ3) is 1.44. The lowest BCUT2D eigenvalue weighted by molar-refractivity contribution is 0.0944. The summed E-state index contributed by atoms with van der Waals surface area (Å²) in [4.78, 5) is 19.0. The summed E-state index contributed by atoms with van der Waals surface area (Å²) in [5.74, 6) is -0.231. The van der Waals surface area contributed by atoms with Gasteiger partial charge in [-0.3, -0.25) is 4.79 Å². The first-order valence-corrected chi connectivity index (χ1v) is 3.67. The van der Waals surface area contributed by atoms with Gasteiger partial charge in [-0.05, 0) is 6.07 Å². The molecule has 0 amide bonds. The lowest BCUT2D eigenvalue weighted by Crippen LogP contribution is -2.12. The molecule has 2 rings (SSSR count). The van der Waals surface area contributed by atoms with Crippen LogP contribution in [0.4, 0.5) is 0 Å². The normalized spacial score (nSPS) is 9.85. The van der Waals surface area contributed by atoms with Gasteiger partial charge in [0.15, 0.2) is 0 Å². The van der Waals surface area contributed by atoms with E-state index in [2.05, 4.69) is 15.1 Å². The molecule has 0 aromatic carbocycles. The smallest absolute Gasteiger partial charge is 0.267 e. The summed E-state index contributed by atoms with van der Waals surface area (Å²) in [5.41, 5.74) is 0.422. The lowest BCUT2D eigenvalue weighted by atomic mass is 10.3. The molecule has 0 saturated heterocycles. The van der Waals surface area contributed by atoms with Crippen molar-refractivity contribution in [3.05, 3.63) is 42.7 Å². The van der Waals surface area contributed by atoms with Crippen LogP contribution >= 0.6 is 0 Å². The van der Waals surface area contributed by atoms with E-state index in [9.17, 15) is 4.79 Å². The monoisotopic (exact) mass is 174 g/mol. The molecule has 0 radical (unpaired) electrons. The highest BCUT2D eigenvalue weighted by Crippen LogP contribution is 1.97. The number of rotatable bonds is 1. The van der Waals surface area contributed by atoms with Crippen LogP contribution < -0.4 is 0 Å². The van der Waals surface area contributed by atoms with E-state index in [0.29, 0.717) is 5.56 Å². The standard InChI is InChI=1S/C8H6N4O/c13-8(12-3-1-2-11-12)7-4-9-6-10-5-7/h1-6H. The van der Waals surface area contributed by atoms with Crippen molar-refractivity contribution in [2.45, 2.75) is 0 Å². The van der Waals surface area contributed by atoms with Crippen molar-refractivity contribution in [1.29, 1.82) is 0 Å². The highest BCUT2D eigenvalue weighted by Gasteiger charge is 2.07. The van der Waals surface area contributed by atoms with Crippen molar-refractivity contribution in [2.75, 3.05) is 0 Å². The van der Waals surface area contributed by atoms with E-state index in [4.69, 9.17) is 0 Å². The molecule has 0 saturated carbocycles. The third-order valence-electron chi connectivity index (χ3n) is 1.52. The maximum Gasteiger partial charge on any atom is 0.281 e. The van der Waals surface area contributed by atoms with Crippen molar-refractivity contribution >= 4 is 5.91 Å². The molecule has 0 aliphatic carbocycles. The molecule has 13 heavy (non-hydrogen) atoms. The van der Waals surface area contributed by atoms with E-state index in [1.54, 1.807) is 18.5 Å². The number of carbonyl (C=O) groups is 1. The van der Waals surface area contributed by atoms with Crippen LogP contribution in [0.1, 0.15) is 10.4 Å². The van der Waals surface area contributed by atoms with Crippen molar-refractivity contribution in [3.63, 3.8) is 0 Å². The first-order valence-electron chi connectivity index (χ1n) is 3.67. The predicted octanol–water partition coefficient (Wildman–Crippen LogP) is 0.362. The highest BCUT2D eigenvalue weighted by molar-refractivity contribution is 5.94. The van der Waals surface area contributed by atoms with Gasteiger partial charge in [0.2, 0.25) is 0 Å². The largest absolute Gasteiger partial charge is 0.281 e. The van der Waals surface area contributed by atoms with Crippen LogP contribution in [0.5, 0.6) is 0 Å². The van der Waals surface area contributed by atoms with Gasteiger partial charge in [-0.15, -0.1) is 0 Å². The molecule has 2 aromatic heterocycles. The Morgan fingerprint density at radius 3 is 2.69 bits per heavy atom. The van der Waals surface area contributed by atoms with Crippen LogP contribution in [0.2, 0.25) is 0 Å². The summed E-state index contributed by atoms with van der Waals surface area (Å²) < 4.78 is 1.23. The second kappa shape index (κ2) is 3.14. The number of carbonyl (C=O) groups excluding carboxylic acids is 1. The molecule has 64 valence electrons. The van der Waals surface area contributed by atoms with Gasteiger partial charge in [0.25, 0.3) is 5.91 Å². The van der Waals surface area contributed by atoms with Crippen molar-refractivity contribution in [3.8, 4) is 0 Å². The number of nitrogens with zero attached hydrogens (tertiary/aromatic N) is 4. The molecule has 2 aromatic rings. The Labute approximate surface area is 74.1 Å². The first-order chi connectivity index (χ1) is 6.38. The quantitative estimate of drug-likeness (QED) is 0.626. The fraction of sp³-hybridized carbons (Fsp3) is 0. The SMILES string of the molecule is O=C(c1cncnc1)n1cccn1. The minimum atomic E-state index is -0.231. The Bertz CT molecular complexity index is 395. The van der Waals surface area contributed by atoms with Gasteiger partial charge < -0.3 is 0 Å². The summed E-state index contributed by atoms with van der Waals surface area (Å²) in [6, 6.07) is 1.68. The molecule has 0 fully saturated rings. The van der Waals surface area contributed by atoms with Crippen LogP contribution in [-0.2, 0) is 0 Å². The van der Waals surface area contributed by atoms with Crippen molar-refractivity contribution < 1.29 is 4.79 Å². The Kier molecular flexibility index (Phi) is 1.84. The zero-order valence-electron chi connectivity index (χ0n) is 6.66. The van der Waals surface area contributed by atoms with Gasteiger partial charge in [0, 0.05) is 24.8 Å². The second-order valence-corrected chi connectivity index (χ2v) is 2.38. The zero-order chi connectivity index (χ0) is 9.10. The van der Waals surface area contributed by atoms with Crippen LogP contribution in [0.3, 0.4) is 0 Å². The van der Waals surface area contributed by atoms with E-state index in [1.165, 1.54) is 23.4 Å². The molecule has 0 aliphatic rings. The Morgan fingerprint density at radius 2 is 2.08 bits per heavy atom. The van der Waals surface area contributed by atoms with E-state index in [0.717, 1.165) is 0 Å². The maximum absolute atomic E-state index is 11.5. The summed E-state index contributed by atoms with van der Waals surface area (Å²) in [6.07, 6.45) is 7.41. The summed E-state index contributed by atoms with van der Waals surface area (Å²) >= 11 is 0. The molecule has 0 N–H and O–H groups in total. The van der Waals surface area contributed by atoms with Gasteiger partial charge in [-0.2, -0.15) is 5.10 Å². The first kappa shape index (κ1) is 7.60. The highest BCUT2D eigenvalue weighted by atomic mass is 16.2. The van der Waals surface area contributed by atoms with Gasteiger partial charge >= 0.3 is 0 Å². The van der Waals surface area contributed by atoms with E-state index < -0.39 is 0 Å². The van der Waals surface area contributed by atoms with Crippen LogP contribution in [0.25, 0.3) is 0 Å². The summed E-state index contributed by atoms with van der Waals surface area (Å²) in [7, 11) is 0. The van der Waals surface area contributed by atoms with Crippen molar-refractivity contribution in [1.82, 2.24) is 19.7 Å². The molecule has 0 bridgehead atoms. The zero-order valence-corrected chi connectivity index (χ0v) is 6.66. The van der Waals surface area contributed by atoms with Gasteiger partial charge in [-0.25, -0.2) is 14.6 Å². The fourth-order valence-electron chi connectivity index (χ4n) is 0.931. The molecule has 0 atom stereocenters. The minimum Gasteiger partial charge on any atom is -0.267 e. The lowest BCUT2D eigenvalue weighted by Gasteiger charge is -1.97. The topological polar surface area (TPSA) is 60.7 Å². The molecule has 0 aliphatic heterocycles. The summed E-state index contributed by atoms with van der Waals surface area (Å²) in [6.45, 7) is 0. The molecule has 2 heterocycles. The Morgan fingerprint density at radius 1 is 1.31 bits per heavy atom. The molecule has 5 heteroatoms. The van der Waals surface area contributed by atoms with E-state index >= 15 is 0 Å². The fourth-order valence-corrected chi connectivity index (χ4v) is 0.931. The maximum atomic E-state index is 11.5. The second-order valence-electron chi connectivity index (χ2n) is 2.38. The van der Waals surface area contributed by atoms with Gasteiger partial charge in [-0.1, -0.05) is 0 Å². The minimum absolute atomic E-state index is 0.231. The molecular formula is C8H6N4O. The number of aromatic nitrogens is 4. The Balaban J connectivity index is 2.34. The van der Waals surface area contributed by atoms with Gasteiger partial charge in [0.05, 0.1) is 5.56 Å². The van der Waals surface area contributed by atoms with E-state index in [1.807, 2.05) is 0 Å².